The van der Waals surface area contributed by atoms with Gasteiger partial charge >= 0.3 is 0 Å². The van der Waals surface area contributed by atoms with Gasteiger partial charge in [0, 0.05) is 24.0 Å². The van der Waals surface area contributed by atoms with Crippen LogP contribution in [0.5, 0.6) is 5.75 Å². The van der Waals surface area contributed by atoms with Gasteiger partial charge in [-0.25, -0.2) is 4.39 Å². The average molecular weight is 588 g/mol. The summed E-state index contributed by atoms with van der Waals surface area (Å²) in [5.74, 6) is -0.445. The summed E-state index contributed by atoms with van der Waals surface area (Å²) in [5, 5.41) is 3.70. The minimum Gasteiger partial charge on any atom is -0.483 e. The molecule has 0 saturated heterocycles. The summed E-state index contributed by atoms with van der Waals surface area (Å²) in [5.41, 5.74) is 1.65. The van der Waals surface area contributed by atoms with Crippen LogP contribution < -0.4 is 10.1 Å². The van der Waals surface area contributed by atoms with Crippen molar-refractivity contribution in [2.45, 2.75) is 50.7 Å². The monoisotopic (exact) mass is 586 g/mol. The van der Waals surface area contributed by atoms with Crippen LogP contribution >= 0.6 is 27.5 Å². The number of carbonyl (C=O) groups excluding carboxylic acids is 2. The highest BCUT2D eigenvalue weighted by Gasteiger charge is 2.32. The minimum absolute atomic E-state index is 0.106. The highest BCUT2D eigenvalue weighted by molar-refractivity contribution is 9.10. The quantitative estimate of drug-likeness (QED) is 0.302. The number of ether oxygens (including phenoxy) is 1. The molecule has 1 saturated carbocycles. The van der Waals surface area contributed by atoms with E-state index < -0.39 is 6.04 Å². The number of hydrogen-bond donors (Lipinski definition) is 1. The molecule has 1 atom stereocenters. The van der Waals surface area contributed by atoms with Crippen molar-refractivity contribution in [1.82, 2.24) is 10.2 Å². The largest absolute Gasteiger partial charge is 0.483 e. The normalized spacial score (nSPS) is 14.2. The van der Waals surface area contributed by atoms with Crippen LogP contribution in [0.4, 0.5) is 4.39 Å². The molecule has 4 rings (SSSR count). The van der Waals surface area contributed by atoms with Gasteiger partial charge in [-0.05, 0) is 70.2 Å². The van der Waals surface area contributed by atoms with E-state index in [0.717, 1.165) is 31.2 Å². The number of nitrogens with one attached hydrogen (secondary N) is 1. The van der Waals surface area contributed by atoms with Crippen molar-refractivity contribution in [2.75, 3.05) is 6.61 Å². The lowest BCUT2D eigenvalue weighted by atomic mass is 10.0. The number of hydrogen-bond acceptors (Lipinski definition) is 3. The first-order valence-electron chi connectivity index (χ1n) is 12.3. The Morgan fingerprint density at radius 3 is 2.41 bits per heavy atom. The highest BCUT2D eigenvalue weighted by atomic mass is 79.9. The molecule has 0 aliphatic heterocycles. The molecule has 1 aliphatic rings. The zero-order chi connectivity index (χ0) is 26.2. The van der Waals surface area contributed by atoms with E-state index in [2.05, 4.69) is 21.2 Å². The molecule has 0 bridgehead atoms. The van der Waals surface area contributed by atoms with Crippen molar-refractivity contribution in [3.8, 4) is 5.75 Å². The summed E-state index contributed by atoms with van der Waals surface area (Å²) < 4.78 is 20.0. The van der Waals surface area contributed by atoms with Gasteiger partial charge in [-0.3, -0.25) is 9.59 Å². The lowest BCUT2D eigenvalue weighted by Gasteiger charge is -2.32. The van der Waals surface area contributed by atoms with Crippen LogP contribution in [0.2, 0.25) is 5.02 Å². The van der Waals surface area contributed by atoms with Gasteiger partial charge in [-0.2, -0.15) is 0 Å². The number of halogens is 3. The molecule has 0 spiro atoms. The maximum absolute atomic E-state index is 13.6. The van der Waals surface area contributed by atoms with E-state index in [1.54, 1.807) is 30.3 Å². The minimum atomic E-state index is -0.766. The van der Waals surface area contributed by atoms with E-state index in [4.69, 9.17) is 16.3 Å². The zero-order valence-electron chi connectivity index (χ0n) is 20.3. The van der Waals surface area contributed by atoms with Crippen molar-refractivity contribution in [3.05, 3.63) is 99.2 Å². The molecule has 1 fully saturated rings. The number of rotatable bonds is 10. The second kappa shape index (κ2) is 13.1. The molecule has 1 N–H and O–H groups in total. The summed E-state index contributed by atoms with van der Waals surface area (Å²) in [4.78, 5) is 28.8. The predicted octanol–water partition coefficient (Wildman–Crippen LogP) is 6.32. The molecule has 0 heterocycles. The summed E-state index contributed by atoms with van der Waals surface area (Å²) in [6.45, 7) is -0.136. The standard InChI is InChI=1S/C29H29BrClFN2O3/c30-25-17-22(31)12-15-27(25)37-19-28(35)34(18-21-10-13-23(32)14-11-21)26(16-20-6-2-1-3-7-20)29(36)33-24-8-4-5-9-24/h1-3,6-7,10-15,17,24,26H,4-5,8-9,16,18-19H2,(H,33,36). The van der Waals surface area contributed by atoms with E-state index in [0.29, 0.717) is 27.2 Å². The number of amides is 2. The Morgan fingerprint density at radius 1 is 1.03 bits per heavy atom. The van der Waals surface area contributed by atoms with Crippen molar-refractivity contribution in [3.63, 3.8) is 0 Å². The lowest BCUT2D eigenvalue weighted by molar-refractivity contribution is -0.143. The zero-order valence-corrected chi connectivity index (χ0v) is 22.7. The van der Waals surface area contributed by atoms with Crippen LogP contribution in [0.3, 0.4) is 0 Å². The summed E-state index contributed by atoms with van der Waals surface area (Å²) in [7, 11) is 0. The summed E-state index contributed by atoms with van der Waals surface area (Å²) >= 11 is 9.43. The number of nitrogens with zero attached hydrogens (tertiary/aromatic N) is 1. The molecule has 5 nitrogen and oxygen atoms in total. The van der Waals surface area contributed by atoms with E-state index >= 15 is 0 Å². The molecule has 1 aliphatic carbocycles. The Hall–Kier alpha value is -2.90. The molecule has 3 aromatic carbocycles. The van der Waals surface area contributed by atoms with Gasteiger partial charge in [0.05, 0.1) is 4.47 Å². The van der Waals surface area contributed by atoms with Crippen LogP contribution in [0.15, 0.2) is 77.3 Å². The van der Waals surface area contributed by atoms with E-state index in [-0.39, 0.29) is 36.8 Å². The molecule has 3 aromatic rings. The topological polar surface area (TPSA) is 58.6 Å². The van der Waals surface area contributed by atoms with Crippen LogP contribution in [0.1, 0.15) is 36.8 Å². The Morgan fingerprint density at radius 2 is 1.73 bits per heavy atom. The van der Waals surface area contributed by atoms with Crippen LogP contribution in [0.25, 0.3) is 0 Å². The fourth-order valence-corrected chi connectivity index (χ4v) is 5.32. The molecule has 194 valence electrons. The number of carbonyl (C=O) groups is 2. The molecule has 8 heteroatoms. The van der Waals surface area contributed by atoms with E-state index in [1.165, 1.54) is 17.0 Å². The first-order chi connectivity index (χ1) is 17.9. The molecular weight excluding hydrogens is 559 g/mol. The smallest absolute Gasteiger partial charge is 0.261 e. The van der Waals surface area contributed by atoms with Crippen LogP contribution in [0, 0.1) is 5.82 Å². The Labute approximate surface area is 230 Å². The van der Waals surface area contributed by atoms with Gasteiger partial charge in [-0.1, -0.05) is 66.9 Å². The van der Waals surface area contributed by atoms with E-state index in [1.807, 2.05) is 30.3 Å². The molecule has 2 amide bonds. The Bertz CT molecular complexity index is 1200. The predicted molar refractivity (Wildman–Crippen MR) is 146 cm³/mol. The van der Waals surface area contributed by atoms with Gasteiger partial charge in [0.2, 0.25) is 5.91 Å². The van der Waals surface area contributed by atoms with Crippen LogP contribution in [-0.2, 0) is 22.6 Å². The maximum Gasteiger partial charge on any atom is 0.261 e. The van der Waals surface area contributed by atoms with Crippen molar-refractivity contribution >= 4 is 39.3 Å². The third-order valence-electron chi connectivity index (χ3n) is 6.48. The maximum atomic E-state index is 13.6. The van der Waals surface area contributed by atoms with Crippen molar-refractivity contribution < 1.29 is 18.7 Å². The SMILES string of the molecule is O=C(NC1CCCC1)C(Cc1ccccc1)N(Cc1ccc(F)cc1)C(=O)COc1ccc(Cl)cc1Br. The molecular formula is C29H29BrClFN2O3. The Balaban J connectivity index is 1.61. The van der Waals surface area contributed by atoms with Gasteiger partial charge in [0.15, 0.2) is 6.61 Å². The first kappa shape index (κ1) is 27.1. The third-order valence-corrected chi connectivity index (χ3v) is 7.34. The fraction of sp³-hybridized carbons (Fsp3) is 0.310. The van der Waals surface area contributed by atoms with Crippen molar-refractivity contribution in [2.24, 2.45) is 0 Å². The van der Waals surface area contributed by atoms with Gasteiger partial charge < -0.3 is 15.0 Å². The second-order valence-electron chi connectivity index (χ2n) is 9.21. The molecule has 37 heavy (non-hydrogen) atoms. The third kappa shape index (κ3) is 7.79. The van der Waals surface area contributed by atoms with E-state index in [9.17, 15) is 14.0 Å². The summed E-state index contributed by atoms with van der Waals surface area (Å²) in [6.07, 6.45) is 4.37. The van der Waals surface area contributed by atoms with Crippen LogP contribution in [-0.4, -0.2) is 35.4 Å². The second-order valence-corrected chi connectivity index (χ2v) is 10.5. The fourth-order valence-electron chi connectivity index (χ4n) is 4.52. The summed E-state index contributed by atoms with van der Waals surface area (Å²) in [6, 6.07) is 20.0. The average Bonchev–Trinajstić information content (AvgIpc) is 3.40. The highest BCUT2D eigenvalue weighted by Crippen LogP contribution is 2.28. The van der Waals surface area contributed by atoms with Gasteiger partial charge in [0.1, 0.15) is 17.6 Å². The Kier molecular flexibility index (Phi) is 9.58. The van der Waals surface area contributed by atoms with Gasteiger partial charge in [-0.15, -0.1) is 0 Å². The lowest BCUT2D eigenvalue weighted by Crippen LogP contribution is -2.53. The molecule has 1 unspecified atom stereocenters. The molecule has 0 aromatic heterocycles. The number of benzene rings is 3. The molecule has 0 radical (unpaired) electrons. The van der Waals surface area contributed by atoms with Crippen molar-refractivity contribution in [1.29, 1.82) is 0 Å². The first-order valence-corrected chi connectivity index (χ1v) is 13.5. The van der Waals surface area contributed by atoms with Gasteiger partial charge in [0.25, 0.3) is 5.91 Å².